The molecule has 5 heteroatoms. The van der Waals surface area contributed by atoms with E-state index in [2.05, 4.69) is 5.32 Å². The van der Waals surface area contributed by atoms with Crippen LogP contribution < -0.4 is 5.32 Å². The van der Waals surface area contributed by atoms with E-state index in [0.717, 1.165) is 4.88 Å². The lowest BCUT2D eigenvalue weighted by Gasteiger charge is -2.05. The van der Waals surface area contributed by atoms with E-state index in [1.165, 1.54) is 13.8 Å². The molecule has 0 radical (unpaired) electrons. The fourth-order valence-electron chi connectivity index (χ4n) is 1.04. The van der Waals surface area contributed by atoms with E-state index in [4.69, 9.17) is 5.11 Å². The molecular formula is C11H13NO3S. The predicted octanol–water partition coefficient (Wildman–Crippen LogP) is 1.79. The van der Waals surface area contributed by atoms with Crippen molar-refractivity contribution in [2.75, 3.05) is 0 Å². The number of hydrogen-bond donors (Lipinski definition) is 2. The second-order valence-corrected chi connectivity index (χ2v) is 4.35. The van der Waals surface area contributed by atoms with Crippen molar-refractivity contribution >= 4 is 23.2 Å². The highest BCUT2D eigenvalue weighted by Gasteiger charge is 2.12. The van der Waals surface area contributed by atoms with Crippen LogP contribution in [0.2, 0.25) is 0 Å². The Morgan fingerprint density at radius 3 is 2.56 bits per heavy atom. The normalized spacial score (nSPS) is 11.9. The number of aliphatic carboxylic acids is 1. The zero-order valence-corrected chi connectivity index (χ0v) is 9.93. The number of thiophene rings is 1. The van der Waals surface area contributed by atoms with Gasteiger partial charge < -0.3 is 10.4 Å². The number of nitrogens with one attached hydrogen (secondary N) is 1. The van der Waals surface area contributed by atoms with Gasteiger partial charge in [0.25, 0.3) is 0 Å². The highest BCUT2D eigenvalue weighted by atomic mass is 32.1. The minimum atomic E-state index is -1.07. The van der Waals surface area contributed by atoms with E-state index >= 15 is 0 Å². The molecule has 1 aromatic rings. The lowest BCUT2D eigenvalue weighted by Crippen LogP contribution is -2.24. The van der Waals surface area contributed by atoms with Gasteiger partial charge in [0, 0.05) is 16.0 Å². The largest absolute Gasteiger partial charge is 0.478 e. The van der Waals surface area contributed by atoms with Gasteiger partial charge in [0.1, 0.15) is 0 Å². The van der Waals surface area contributed by atoms with Crippen molar-refractivity contribution in [2.45, 2.75) is 20.4 Å². The summed E-state index contributed by atoms with van der Waals surface area (Å²) in [6.45, 7) is 3.36. The average Bonchev–Trinajstić information content (AvgIpc) is 2.76. The maximum atomic E-state index is 11.6. The molecule has 0 bridgehead atoms. The van der Waals surface area contributed by atoms with Crippen molar-refractivity contribution in [1.29, 1.82) is 0 Å². The van der Waals surface area contributed by atoms with Gasteiger partial charge in [-0.1, -0.05) is 6.07 Å². The molecule has 2 N–H and O–H groups in total. The van der Waals surface area contributed by atoms with E-state index in [0.29, 0.717) is 6.54 Å². The zero-order valence-electron chi connectivity index (χ0n) is 9.11. The summed E-state index contributed by atoms with van der Waals surface area (Å²) in [5.74, 6) is -1.41. The van der Waals surface area contributed by atoms with Crippen LogP contribution in [0.25, 0.3) is 0 Å². The van der Waals surface area contributed by atoms with Crippen molar-refractivity contribution in [3.8, 4) is 0 Å². The van der Waals surface area contributed by atoms with Crippen molar-refractivity contribution in [2.24, 2.45) is 0 Å². The Kier molecular flexibility index (Phi) is 4.25. The molecular weight excluding hydrogens is 226 g/mol. The molecule has 0 saturated heterocycles. The van der Waals surface area contributed by atoms with Gasteiger partial charge in [0.05, 0.1) is 6.54 Å². The third-order valence-electron chi connectivity index (χ3n) is 2.23. The maximum absolute atomic E-state index is 11.6. The molecule has 1 aromatic heterocycles. The van der Waals surface area contributed by atoms with E-state index in [9.17, 15) is 9.59 Å². The first-order valence-electron chi connectivity index (χ1n) is 4.73. The molecule has 86 valence electrons. The maximum Gasteiger partial charge on any atom is 0.331 e. The number of amides is 1. The third-order valence-corrected chi connectivity index (χ3v) is 3.10. The Labute approximate surface area is 97.6 Å². The number of carbonyl (C=O) groups is 2. The number of rotatable bonds is 4. The first-order chi connectivity index (χ1) is 7.52. The molecule has 16 heavy (non-hydrogen) atoms. The number of carboxylic acid groups (broad SMARTS) is 1. The molecule has 0 fully saturated rings. The van der Waals surface area contributed by atoms with Crippen LogP contribution in [-0.2, 0) is 16.1 Å². The quantitative estimate of drug-likeness (QED) is 0.787. The van der Waals surface area contributed by atoms with Crippen LogP contribution in [0, 0.1) is 0 Å². The van der Waals surface area contributed by atoms with Gasteiger partial charge in [0.15, 0.2) is 0 Å². The fraction of sp³-hybridized carbons (Fsp3) is 0.273. The van der Waals surface area contributed by atoms with Gasteiger partial charge >= 0.3 is 5.97 Å². The minimum Gasteiger partial charge on any atom is -0.478 e. The van der Waals surface area contributed by atoms with E-state index < -0.39 is 5.97 Å². The van der Waals surface area contributed by atoms with Gasteiger partial charge in [-0.15, -0.1) is 11.3 Å². The second-order valence-electron chi connectivity index (χ2n) is 3.32. The topological polar surface area (TPSA) is 66.4 Å². The standard InChI is InChI=1S/C11H13NO3S/c1-7(8(2)11(14)15)10(13)12-6-9-4-3-5-16-9/h3-5H,6H2,1-2H3,(H,12,13)(H,14,15). The van der Waals surface area contributed by atoms with Crippen LogP contribution in [0.5, 0.6) is 0 Å². The molecule has 4 nitrogen and oxygen atoms in total. The van der Waals surface area contributed by atoms with Gasteiger partial charge in [0.2, 0.25) is 5.91 Å². The Morgan fingerprint density at radius 1 is 1.38 bits per heavy atom. The summed E-state index contributed by atoms with van der Waals surface area (Å²) < 4.78 is 0. The molecule has 0 aliphatic carbocycles. The molecule has 0 aliphatic rings. The Balaban J connectivity index is 2.59. The van der Waals surface area contributed by atoms with Crippen LogP contribution in [0.15, 0.2) is 28.7 Å². The zero-order chi connectivity index (χ0) is 12.1. The Hall–Kier alpha value is -1.62. The number of hydrogen-bond acceptors (Lipinski definition) is 3. The average molecular weight is 239 g/mol. The van der Waals surface area contributed by atoms with Gasteiger partial charge in [-0.25, -0.2) is 4.79 Å². The lowest BCUT2D eigenvalue weighted by molar-refractivity contribution is -0.133. The summed E-state index contributed by atoms with van der Waals surface area (Å²) in [6.07, 6.45) is 0. The summed E-state index contributed by atoms with van der Waals surface area (Å²) in [7, 11) is 0. The van der Waals surface area contributed by atoms with Gasteiger partial charge in [-0.05, 0) is 25.3 Å². The van der Waals surface area contributed by atoms with Crippen molar-refractivity contribution in [1.82, 2.24) is 5.32 Å². The third kappa shape index (κ3) is 3.20. The number of carboxylic acids is 1. The molecule has 0 saturated carbocycles. The van der Waals surface area contributed by atoms with Gasteiger partial charge in [-0.3, -0.25) is 4.79 Å². The lowest BCUT2D eigenvalue weighted by atomic mass is 10.1. The van der Waals surface area contributed by atoms with E-state index in [1.807, 2.05) is 17.5 Å². The predicted molar refractivity (Wildman–Crippen MR) is 62.2 cm³/mol. The summed E-state index contributed by atoms with van der Waals surface area (Å²) in [6, 6.07) is 3.81. The first kappa shape index (κ1) is 12.4. The smallest absolute Gasteiger partial charge is 0.331 e. The molecule has 0 atom stereocenters. The SMILES string of the molecule is CC(C(=O)O)=C(C)C(=O)NCc1cccs1. The van der Waals surface area contributed by atoms with Crippen LogP contribution in [0.4, 0.5) is 0 Å². The summed E-state index contributed by atoms with van der Waals surface area (Å²) in [4.78, 5) is 23.2. The molecule has 0 aliphatic heterocycles. The molecule has 1 rings (SSSR count). The molecule has 0 unspecified atom stereocenters. The summed E-state index contributed by atoms with van der Waals surface area (Å²) in [5.41, 5.74) is 0.313. The second kappa shape index (κ2) is 5.46. The van der Waals surface area contributed by atoms with Crippen molar-refractivity contribution < 1.29 is 14.7 Å². The van der Waals surface area contributed by atoms with Crippen molar-refractivity contribution in [3.05, 3.63) is 33.5 Å². The van der Waals surface area contributed by atoms with Crippen LogP contribution in [0.1, 0.15) is 18.7 Å². The highest BCUT2D eigenvalue weighted by molar-refractivity contribution is 7.09. The fourth-order valence-corrected chi connectivity index (χ4v) is 1.69. The van der Waals surface area contributed by atoms with Crippen LogP contribution in [-0.4, -0.2) is 17.0 Å². The number of carbonyl (C=O) groups excluding carboxylic acids is 1. The highest BCUT2D eigenvalue weighted by Crippen LogP contribution is 2.09. The van der Waals surface area contributed by atoms with Gasteiger partial charge in [-0.2, -0.15) is 0 Å². The molecule has 0 aromatic carbocycles. The molecule has 1 heterocycles. The molecule has 1 amide bonds. The van der Waals surface area contributed by atoms with Crippen LogP contribution >= 0.6 is 11.3 Å². The monoisotopic (exact) mass is 239 g/mol. The van der Waals surface area contributed by atoms with E-state index in [-0.39, 0.29) is 17.1 Å². The Morgan fingerprint density at radius 2 is 2.06 bits per heavy atom. The van der Waals surface area contributed by atoms with E-state index in [1.54, 1.807) is 11.3 Å². The van der Waals surface area contributed by atoms with Crippen molar-refractivity contribution in [3.63, 3.8) is 0 Å². The summed E-state index contributed by atoms with van der Waals surface area (Å²) >= 11 is 1.54. The first-order valence-corrected chi connectivity index (χ1v) is 5.61. The summed E-state index contributed by atoms with van der Waals surface area (Å²) in [5, 5.41) is 13.3. The Bertz CT molecular complexity index is 420. The molecule has 0 spiro atoms. The van der Waals surface area contributed by atoms with Crippen LogP contribution in [0.3, 0.4) is 0 Å². The minimum absolute atomic E-state index is 0.0729.